The molecule has 19 heavy (non-hydrogen) atoms. The molecule has 3 saturated heterocycles. The summed E-state index contributed by atoms with van der Waals surface area (Å²) in [5, 5.41) is 0. The van der Waals surface area contributed by atoms with Gasteiger partial charge in [-0.1, -0.05) is 0 Å². The van der Waals surface area contributed by atoms with Crippen molar-refractivity contribution in [2.75, 3.05) is 26.4 Å². The molecule has 106 valence electrons. The molecule has 4 aliphatic rings. The van der Waals surface area contributed by atoms with Gasteiger partial charge in [0.15, 0.2) is 0 Å². The second-order valence-electron chi connectivity index (χ2n) is 6.68. The van der Waals surface area contributed by atoms with E-state index in [2.05, 4.69) is 4.90 Å². The first-order valence-electron chi connectivity index (χ1n) is 7.82. The average Bonchev–Trinajstić information content (AvgIpc) is 3.10. The van der Waals surface area contributed by atoms with Gasteiger partial charge in [-0.25, -0.2) is 0 Å². The Balaban J connectivity index is 1.47. The Morgan fingerprint density at radius 2 is 2.05 bits per heavy atom. The van der Waals surface area contributed by atoms with Gasteiger partial charge in [0.05, 0.1) is 25.1 Å². The Morgan fingerprint density at radius 1 is 1.16 bits per heavy atom. The smallest absolute Gasteiger partial charge is 0.228 e. The molecular formula is C15H23NO3. The van der Waals surface area contributed by atoms with Crippen molar-refractivity contribution in [2.45, 2.75) is 50.2 Å². The molecule has 4 fully saturated rings. The van der Waals surface area contributed by atoms with E-state index in [0.717, 1.165) is 45.4 Å². The van der Waals surface area contributed by atoms with Gasteiger partial charge in [0.2, 0.25) is 5.91 Å². The fourth-order valence-electron chi connectivity index (χ4n) is 4.21. The summed E-state index contributed by atoms with van der Waals surface area (Å²) in [7, 11) is 0. The minimum atomic E-state index is 0.0341. The average molecular weight is 265 g/mol. The number of amides is 1. The van der Waals surface area contributed by atoms with Crippen LogP contribution in [0.4, 0.5) is 0 Å². The van der Waals surface area contributed by atoms with Gasteiger partial charge in [-0.05, 0) is 44.4 Å². The van der Waals surface area contributed by atoms with E-state index >= 15 is 0 Å². The molecule has 1 spiro atoms. The molecule has 0 aromatic rings. The predicted octanol–water partition coefficient (Wildman–Crippen LogP) is 1.58. The maximum atomic E-state index is 12.7. The SMILES string of the molecule is O=C([C@@H]1CCCOC1)N1C[C@]2(CCCO2)[C@H]1C1CC1. The van der Waals surface area contributed by atoms with Gasteiger partial charge in [0.1, 0.15) is 5.60 Å². The quantitative estimate of drug-likeness (QED) is 0.761. The van der Waals surface area contributed by atoms with E-state index in [-0.39, 0.29) is 11.5 Å². The number of carbonyl (C=O) groups is 1. The summed E-state index contributed by atoms with van der Waals surface area (Å²) in [6.07, 6.45) is 6.90. The van der Waals surface area contributed by atoms with E-state index in [4.69, 9.17) is 9.47 Å². The third-order valence-corrected chi connectivity index (χ3v) is 5.31. The predicted molar refractivity (Wildman–Crippen MR) is 69.7 cm³/mol. The molecule has 1 aliphatic carbocycles. The van der Waals surface area contributed by atoms with Gasteiger partial charge in [-0.3, -0.25) is 4.79 Å². The Hall–Kier alpha value is -0.610. The Morgan fingerprint density at radius 3 is 2.68 bits per heavy atom. The Bertz CT molecular complexity index is 368. The second-order valence-corrected chi connectivity index (χ2v) is 6.68. The molecule has 1 amide bonds. The zero-order valence-electron chi connectivity index (χ0n) is 11.5. The molecule has 0 radical (unpaired) electrons. The lowest BCUT2D eigenvalue weighted by molar-refractivity contribution is -0.190. The molecule has 4 nitrogen and oxygen atoms in total. The van der Waals surface area contributed by atoms with Crippen LogP contribution < -0.4 is 0 Å². The van der Waals surface area contributed by atoms with Crippen molar-refractivity contribution in [2.24, 2.45) is 11.8 Å². The van der Waals surface area contributed by atoms with E-state index in [9.17, 15) is 4.79 Å². The highest BCUT2D eigenvalue weighted by Gasteiger charge is 2.62. The summed E-state index contributed by atoms with van der Waals surface area (Å²) in [6.45, 7) is 3.17. The van der Waals surface area contributed by atoms with Crippen molar-refractivity contribution in [3.63, 3.8) is 0 Å². The monoisotopic (exact) mass is 265 g/mol. The van der Waals surface area contributed by atoms with Crippen molar-refractivity contribution in [1.29, 1.82) is 0 Å². The third-order valence-electron chi connectivity index (χ3n) is 5.31. The minimum Gasteiger partial charge on any atom is -0.381 e. The van der Waals surface area contributed by atoms with Crippen molar-refractivity contribution >= 4 is 5.91 Å². The third kappa shape index (κ3) is 1.91. The van der Waals surface area contributed by atoms with Crippen LogP contribution in [0.15, 0.2) is 0 Å². The van der Waals surface area contributed by atoms with Crippen LogP contribution in [-0.2, 0) is 14.3 Å². The van der Waals surface area contributed by atoms with E-state index in [1.54, 1.807) is 0 Å². The Labute approximate surface area is 114 Å². The summed E-state index contributed by atoms with van der Waals surface area (Å²) in [5.41, 5.74) is 0.0341. The molecular weight excluding hydrogens is 242 g/mol. The first-order valence-corrected chi connectivity index (χ1v) is 7.82. The molecule has 0 unspecified atom stereocenters. The normalized spacial score (nSPS) is 42.4. The molecule has 3 heterocycles. The number of ether oxygens (including phenoxy) is 2. The molecule has 0 aromatic heterocycles. The number of likely N-dealkylation sites (tertiary alicyclic amines) is 1. The van der Waals surface area contributed by atoms with Crippen molar-refractivity contribution in [1.82, 2.24) is 4.90 Å². The maximum Gasteiger partial charge on any atom is 0.228 e. The number of nitrogens with zero attached hydrogens (tertiary/aromatic N) is 1. The van der Waals surface area contributed by atoms with E-state index in [1.165, 1.54) is 12.8 Å². The van der Waals surface area contributed by atoms with E-state index in [1.807, 2.05) is 0 Å². The highest BCUT2D eigenvalue weighted by molar-refractivity contribution is 5.81. The first-order chi connectivity index (χ1) is 9.30. The van der Waals surface area contributed by atoms with Crippen LogP contribution in [0.25, 0.3) is 0 Å². The maximum absolute atomic E-state index is 12.7. The Kier molecular flexibility index (Phi) is 2.85. The van der Waals surface area contributed by atoms with Crippen LogP contribution in [0.5, 0.6) is 0 Å². The van der Waals surface area contributed by atoms with Crippen LogP contribution in [0, 0.1) is 11.8 Å². The number of rotatable bonds is 2. The van der Waals surface area contributed by atoms with Crippen molar-refractivity contribution < 1.29 is 14.3 Å². The summed E-state index contributed by atoms with van der Waals surface area (Å²) in [6, 6.07) is 0.379. The van der Waals surface area contributed by atoms with Crippen LogP contribution in [0.2, 0.25) is 0 Å². The molecule has 4 rings (SSSR count). The largest absolute Gasteiger partial charge is 0.381 e. The van der Waals surface area contributed by atoms with Gasteiger partial charge in [-0.15, -0.1) is 0 Å². The summed E-state index contributed by atoms with van der Waals surface area (Å²) in [5.74, 6) is 1.15. The molecule has 3 atom stereocenters. The summed E-state index contributed by atoms with van der Waals surface area (Å²) in [4.78, 5) is 14.8. The molecule has 1 saturated carbocycles. The topological polar surface area (TPSA) is 38.8 Å². The minimum absolute atomic E-state index is 0.0341. The second kappa shape index (κ2) is 4.45. The summed E-state index contributed by atoms with van der Waals surface area (Å²) >= 11 is 0. The summed E-state index contributed by atoms with van der Waals surface area (Å²) < 4.78 is 11.5. The van der Waals surface area contributed by atoms with E-state index in [0.29, 0.717) is 24.5 Å². The zero-order valence-corrected chi connectivity index (χ0v) is 11.5. The van der Waals surface area contributed by atoms with Gasteiger partial charge in [0, 0.05) is 13.2 Å². The van der Waals surface area contributed by atoms with E-state index < -0.39 is 0 Å². The lowest BCUT2D eigenvalue weighted by Crippen LogP contribution is -2.72. The molecule has 0 aromatic carbocycles. The van der Waals surface area contributed by atoms with Crippen molar-refractivity contribution in [3.05, 3.63) is 0 Å². The van der Waals surface area contributed by atoms with Crippen LogP contribution >= 0.6 is 0 Å². The molecule has 3 aliphatic heterocycles. The van der Waals surface area contributed by atoms with Crippen molar-refractivity contribution in [3.8, 4) is 0 Å². The standard InChI is InChI=1S/C15H23NO3/c17-14(12-3-1-7-18-9-12)16-10-15(6-2-8-19-15)13(16)11-4-5-11/h11-13H,1-10H2/t12-,13-,15-/m1/s1. The van der Waals surface area contributed by atoms with Crippen LogP contribution in [-0.4, -0.2) is 48.8 Å². The lowest BCUT2D eigenvalue weighted by atomic mass is 9.77. The number of carbonyl (C=O) groups excluding carboxylic acids is 1. The first kappa shape index (κ1) is 12.2. The highest BCUT2D eigenvalue weighted by Crippen LogP contribution is 2.51. The highest BCUT2D eigenvalue weighted by atomic mass is 16.5. The van der Waals surface area contributed by atoms with Gasteiger partial charge in [-0.2, -0.15) is 0 Å². The lowest BCUT2D eigenvalue weighted by Gasteiger charge is -2.56. The number of hydrogen-bond donors (Lipinski definition) is 0. The van der Waals surface area contributed by atoms with Gasteiger partial charge < -0.3 is 14.4 Å². The zero-order chi connectivity index (χ0) is 12.9. The van der Waals surface area contributed by atoms with Gasteiger partial charge >= 0.3 is 0 Å². The van der Waals surface area contributed by atoms with Crippen LogP contribution in [0.1, 0.15) is 38.5 Å². The van der Waals surface area contributed by atoms with Crippen LogP contribution in [0.3, 0.4) is 0 Å². The molecule has 0 bridgehead atoms. The number of hydrogen-bond acceptors (Lipinski definition) is 3. The fourth-order valence-corrected chi connectivity index (χ4v) is 4.21. The fraction of sp³-hybridized carbons (Fsp3) is 0.933. The molecule has 4 heteroatoms. The van der Waals surface area contributed by atoms with Gasteiger partial charge in [0.25, 0.3) is 0 Å². The molecule has 0 N–H and O–H groups in total.